The Morgan fingerprint density at radius 1 is 1.00 bits per heavy atom. The van der Waals surface area contributed by atoms with Crippen LogP contribution in [0.3, 0.4) is 0 Å². The van der Waals surface area contributed by atoms with Crippen molar-refractivity contribution >= 4 is 5.97 Å². The minimum absolute atomic E-state index is 0.261. The van der Waals surface area contributed by atoms with Gasteiger partial charge in [-0.05, 0) is 25.8 Å². The van der Waals surface area contributed by atoms with Crippen LogP contribution in [0.1, 0.15) is 71.1 Å². The summed E-state index contributed by atoms with van der Waals surface area (Å²) in [5.74, 6) is -0.261. The van der Waals surface area contributed by atoms with Crippen molar-refractivity contribution in [3.8, 4) is 0 Å². The van der Waals surface area contributed by atoms with Gasteiger partial charge in [0.1, 0.15) is 6.04 Å². The summed E-state index contributed by atoms with van der Waals surface area (Å²) in [5.41, 5.74) is 11.1. The normalized spacial score (nSPS) is 12.4. The van der Waals surface area contributed by atoms with Crippen LogP contribution in [0.25, 0.3) is 0 Å². The lowest BCUT2D eigenvalue weighted by molar-refractivity contribution is -0.145. The van der Waals surface area contributed by atoms with Crippen molar-refractivity contribution in [3.05, 3.63) is 0 Å². The van der Waals surface area contributed by atoms with Crippen LogP contribution in [-0.4, -0.2) is 25.2 Å². The summed E-state index contributed by atoms with van der Waals surface area (Å²) in [7, 11) is 0. The average Bonchev–Trinajstić information content (AvgIpc) is 2.41. The topological polar surface area (TPSA) is 78.3 Å². The Hall–Kier alpha value is -0.610. The molecule has 0 heterocycles. The van der Waals surface area contributed by atoms with Gasteiger partial charge in [0.25, 0.3) is 0 Å². The lowest BCUT2D eigenvalue weighted by Gasteiger charge is -2.11. The summed E-state index contributed by atoms with van der Waals surface area (Å²) >= 11 is 0. The smallest absolute Gasteiger partial charge is 0.322 e. The highest BCUT2D eigenvalue weighted by atomic mass is 16.5. The first-order valence-electron chi connectivity index (χ1n) is 7.84. The molecule has 0 bridgehead atoms. The summed E-state index contributed by atoms with van der Waals surface area (Å²) < 4.78 is 5.17. The van der Waals surface area contributed by atoms with Gasteiger partial charge in [0.2, 0.25) is 0 Å². The van der Waals surface area contributed by atoms with E-state index in [2.05, 4.69) is 6.92 Å². The van der Waals surface area contributed by atoms with Gasteiger partial charge in [-0.25, -0.2) is 0 Å². The van der Waals surface area contributed by atoms with Gasteiger partial charge in [-0.1, -0.05) is 51.9 Å². The van der Waals surface area contributed by atoms with Crippen LogP contribution in [0, 0.1) is 0 Å². The number of hydrogen-bond acceptors (Lipinski definition) is 4. The minimum Gasteiger partial charge on any atom is -0.465 e. The molecule has 0 radical (unpaired) electrons. The highest BCUT2D eigenvalue weighted by molar-refractivity contribution is 5.75. The lowest BCUT2D eigenvalue weighted by atomic mass is 10.1. The van der Waals surface area contributed by atoms with Crippen molar-refractivity contribution in [2.75, 3.05) is 13.2 Å². The fourth-order valence-electron chi connectivity index (χ4n) is 1.97. The van der Waals surface area contributed by atoms with E-state index in [-0.39, 0.29) is 5.97 Å². The second-order valence-corrected chi connectivity index (χ2v) is 5.18. The van der Waals surface area contributed by atoms with Gasteiger partial charge in [0.05, 0.1) is 6.61 Å². The number of carbonyl (C=O) groups is 1. The summed E-state index contributed by atoms with van der Waals surface area (Å²) in [6, 6.07) is -0.476. The Kier molecular flexibility index (Phi) is 13.4. The number of hydrogen-bond donors (Lipinski definition) is 2. The molecule has 19 heavy (non-hydrogen) atoms. The molecule has 0 aliphatic heterocycles. The Bertz CT molecular complexity index is 210. The van der Waals surface area contributed by atoms with Crippen LogP contribution in [0.2, 0.25) is 0 Å². The first-order valence-corrected chi connectivity index (χ1v) is 7.84. The molecule has 4 nitrogen and oxygen atoms in total. The van der Waals surface area contributed by atoms with Gasteiger partial charge >= 0.3 is 5.97 Å². The fraction of sp³-hybridized carbons (Fsp3) is 0.933. The van der Waals surface area contributed by atoms with Crippen LogP contribution < -0.4 is 11.5 Å². The zero-order valence-corrected chi connectivity index (χ0v) is 12.5. The zero-order valence-electron chi connectivity index (χ0n) is 12.5. The largest absolute Gasteiger partial charge is 0.465 e. The lowest BCUT2D eigenvalue weighted by Crippen LogP contribution is -2.32. The second-order valence-electron chi connectivity index (χ2n) is 5.18. The van der Waals surface area contributed by atoms with Crippen molar-refractivity contribution in [2.24, 2.45) is 11.5 Å². The highest BCUT2D eigenvalue weighted by Gasteiger charge is 2.13. The molecule has 0 aromatic carbocycles. The third-order valence-electron chi connectivity index (χ3n) is 3.26. The Balaban J connectivity index is 3.32. The third-order valence-corrected chi connectivity index (χ3v) is 3.26. The Labute approximate surface area is 118 Å². The maximum absolute atomic E-state index is 11.5. The van der Waals surface area contributed by atoms with Crippen molar-refractivity contribution in [1.82, 2.24) is 0 Å². The Morgan fingerprint density at radius 3 is 2.26 bits per heavy atom. The third kappa shape index (κ3) is 12.2. The molecular weight excluding hydrogens is 240 g/mol. The summed E-state index contributed by atoms with van der Waals surface area (Å²) in [6.45, 7) is 3.38. The van der Waals surface area contributed by atoms with Crippen LogP contribution in [0.4, 0.5) is 0 Å². The first-order chi connectivity index (χ1) is 9.22. The second kappa shape index (κ2) is 13.8. The molecule has 114 valence electrons. The molecule has 0 saturated heterocycles. The molecule has 0 saturated carbocycles. The van der Waals surface area contributed by atoms with Gasteiger partial charge in [-0.2, -0.15) is 0 Å². The number of ether oxygens (including phenoxy) is 1. The van der Waals surface area contributed by atoms with E-state index in [1.165, 1.54) is 32.1 Å². The van der Waals surface area contributed by atoms with Crippen molar-refractivity contribution < 1.29 is 9.53 Å². The van der Waals surface area contributed by atoms with E-state index in [0.29, 0.717) is 19.6 Å². The number of esters is 1. The van der Waals surface area contributed by atoms with E-state index in [0.717, 1.165) is 25.7 Å². The SMILES string of the molecule is CCCCCCCCCOC(=O)[C@@H](N)CCCCN. The van der Waals surface area contributed by atoms with Crippen LogP contribution in [0.5, 0.6) is 0 Å². The van der Waals surface area contributed by atoms with E-state index < -0.39 is 6.04 Å². The summed E-state index contributed by atoms with van der Waals surface area (Å²) in [5, 5.41) is 0. The number of carbonyl (C=O) groups excluding carboxylic acids is 1. The van der Waals surface area contributed by atoms with E-state index in [1.807, 2.05) is 0 Å². The van der Waals surface area contributed by atoms with Gasteiger partial charge in [0, 0.05) is 0 Å². The molecule has 1 atom stereocenters. The molecule has 0 aliphatic rings. The standard InChI is InChI=1S/C15H32N2O2/c1-2-3-4-5-6-7-10-13-19-15(18)14(17)11-8-9-12-16/h14H,2-13,16-17H2,1H3/t14-/m0/s1. The molecule has 0 rings (SSSR count). The van der Waals surface area contributed by atoms with Crippen molar-refractivity contribution in [1.29, 1.82) is 0 Å². The predicted octanol–water partition coefficient (Wildman–Crippen LogP) is 2.74. The molecule has 0 spiro atoms. The van der Waals surface area contributed by atoms with Crippen molar-refractivity contribution in [3.63, 3.8) is 0 Å². The number of rotatable bonds is 13. The molecule has 0 aromatic heterocycles. The van der Waals surface area contributed by atoms with Gasteiger partial charge < -0.3 is 16.2 Å². The van der Waals surface area contributed by atoms with Gasteiger partial charge in [-0.3, -0.25) is 4.79 Å². The van der Waals surface area contributed by atoms with E-state index in [4.69, 9.17) is 16.2 Å². The van der Waals surface area contributed by atoms with Crippen LogP contribution in [-0.2, 0) is 9.53 Å². The quantitative estimate of drug-likeness (QED) is 0.399. The average molecular weight is 272 g/mol. The Morgan fingerprint density at radius 2 is 1.63 bits per heavy atom. The number of unbranched alkanes of at least 4 members (excludes halogenated alkanes) is 7. The molecular formula is C15H32N2O2. The molecule has 0 aromatic rings. The molecule has 0 aliphatic carbocycles. The maximum atomic E-state index is 11.5. The van der Waals surface area contributed by atoms with Crippen LogP contribution >= 0.6 is 0 Å². The van der Waals surface area contributed by atoms with Gasteiger partial charge in [-0.15, -0.1) is 0 Å². The maximum Gasteiger partial charge on any atom is 0.322 e. The molecule has 4 heteroatoms. The molecule has 0 unspecified atom stereocenters. The zero-order chi connectivity index (χ0) is 14.3. The highest BCUT2D eigenvalue weighted by Crippen LogP contribution is 2.07. The number of nitrogens with two attached hydrogens (primary N) is 2. The fourth-order valence-corrected chi connectivity index (χ4v) is 1.97. The summed E-state index contributed by atoms with van der Waals surface area (Å²) in [6.07, 6.45) is 11.0. The van der Waals surface area contributed by atoms with Crippen molar-refractivity contribution in [2.45, 2.75) is 77.2 Å². The van der Waals surface area contributed by atoms with Crippen LogP contribution in [0.15, 0.2) is 0 Å². The monoisotopic (exact) mass is 272 g/mol. The molecule has 0 amide bonds. The van der Waals surface area contributed by atoms with Gasteiger partial charge in [0.15, 0.2) is 0 Å². The minimum atomic E-state index is -0.476. The van der Waals surface area contributed by atoms with E-state index in [9.17, 15) is 4.79 Å². The van der Waals surface area contributed by atoms with E-state index in [1.54, 1.807) is 0 Å². The van der Waals surface area contributed by atoms with E-state index >= 15 is 0 Å². The first kappa shape index (κ1) is 18.4. The summed E-state index contributed by atoms with van der Waals surface area (Å²) in [4.78, 5) is 11.5. The predicted molar refractivity (Wildman–Crippen MR) is 79.8 cm³/mol. The molecule has 0 fully saturated rings. The molecule has 4 N–H and O–H groups in total.